The summed E-state index contributed by atoms with van der Waals surface area (Å²) in [6.45, 7) is 3.12. The van der Waals surface area contributed by atoms with Crippen LogP contribution < -0.4 is 15.4 Å². The normalized spacial score (nSPS) is 20.2. The number of hydrogen-bond donors (Lipinski definition) is 3. The minimum Gasteiger partial charge on any atom is -0.489 e. The van der Waals surface area contributed by atoms with E-state index in [0.29, 0.717) is 42.9 Å². The van der Waals surface area contributed by atoms with E-state index >= 15 is 0 Å². The Morgan fingerprint density at radius 3 is 2.61 bits per heavy atom. The first kappa shape index (κ1) is 32.7. The molecule has 0 bridgehead atoms. The fourth-order valence-corrected chi connectivity index (χ4v) is 7.70. The number of nitrogens with zero attached hydrogens (tertiary/aromatic N) is 3. The monoisotopic (exact) mass is 677 g/mol. The molecule has 0 aliphatic carbocycles. The van der Waals surface area contributed by atoms with Crippen molar-refractivity contribution in [2.24, 2.45) is 0 Å². The zero-order valence-electron chi connectivity index (χ0n) is 27.2. The summed E-state index contributed by atoms with van der Waals surface area (Å²) in [6.07, 6.45) is 4.63. The van der Waals surface area contributed by atoms with Crippen molar-refractivity contribution in [1.29, 1.82) is 0 Å². The van der Waals surface area contributed by atoms with Gasteiger partial charge in [-0.2, -0.15) is 0 Å². The number of likely N-dealkylation sites (tertiary alicyclic amines) is 1. The number of rotatable bonds is 11. The second-order valence-electron chi connectivity index (χ2n) is 12.7. The van der Waals surface area contributed by atoms with Crippen LogP contribution in [-0.4, -0.2) is 69.2 Å². The summed E-state index contributed by atoms with van der Waals surface area (Å²) in [4.78, 5) is 39.0. The first-order valence-electron chi connectivity index (χ1n) is 16.7. The lowest BCUT2D eigenvalue weighted by molar-refractivity contribution is 0.0720. The Morgan fingerprint density at radius 2 is 1.88 bits per heavy atom. The zero-order valence-corrected chi connectivity index (χ0v) is 28.0. The third-order valence-corrected chi connectivity index (χ3v) is 10.2. The van der Waals surface area contributed by atoms with Crippen LogP contribution >= 0.6 is 11.3 Å². The molecule has 2 aromatic heterocycles. The highest BCUT2D eigenvalue weighted by Crippen LogP contribution is 2.35. The quantitative estimate of drug-likeness (QED) is 0.165. The number of benzene rings is 3. The molecule has 0 spiro atoms. The number of nitrogens with one attached hydrogen (secondary N) is 2. The van der Waals surface area contributed by atoms with Crippen LogP contribution in [-0.2, 0) is 6.42 Å². The Kier molecular flexibility index (Phi) is 9.83. The summed E-state index contributed by atoms with van der Waals surface area (Å²) < 4.78 is 11.7. The second-order valence-corrected chi connectivity index (χ2v) is 13.6. The average Bonchev–Trinajstić information content (AvgIpc) is 3.96. The molecule has 5 aromatic rings. The highest BCUT2D eigenvalue weighted by Gasteiger charge is 2.37. The Morgan fingerprint density at radius 1 is 1.10 bits per heavy atom. The number of oxazole rings is 1. The number of aliphatic hydroxyl groups excluding tert-OH is 1. The van der Waals surface area contributed by atoms with Gasteiger partial charge in [-0.05, 0) is 62.1 Å². The van der Waals surface area contributed by atoms with Gasteiger partial charge < -0.3 is 29.8 Å². The molecule has 0 radical (unpaired) electrons. The van der Waals surface area contributed by atoms with Gasteiger partial charge in [0.1, 0.15) is 23.1 Å². The molecule has 5 atom stereocenters. The molecule has 1 unspecified atom stereocenters. The number of aromatic nitrogens is 2. The molecule has 49 heavy (non-hydrogen) atoms. The number of aryl methyl sites for hydroxylation is 1. The third-order valence-electron chi connectivity index (χ3n) is 9.17. The van der Waals surface area contributed by atoms with Gasteiger partial charge >= 0.3 is 0 Å². The molecule has 0 saturated carbocycles. The van der Waals surface area contributed by atoms with Gasteiger partial charge in [-0.1, -0.05) is 48.5 Å². The van der Waals surface area contributed by atoms with Gasteiger partial charge in [0.2, 0.25) is 5.89 Å². The van der Waals surface area contributed by atoms with Gasteiger partial charge in [-0.15, -0.1) is 11.3 Å². The maximum absolute atomic E-state index is 14.1. The van der Waals surface area contributed by atoms with Gasteiger partial charge in [-0.25, -0.2) is 9.97 Å². The number of thiazole rings is 1. The molecule has 3 N–H and O–H groups in total. The number of carbonyl (C=O) groups is 2. The van der Waals surface area contributed by atoms with Crippen LogP contribution in [0.15, 0.2) is 101 Å². The summed E-state index contributed by atoms with van der Waals surface area (Å²) in [5.41, 5.74) is 3.06. The van der Waals surface area contributed by atoms with E-state index in [-0.39, 0.29) is 29.7 Å². The molecular formula is C38H39N5O5S. The topological polar surface area (TPSA) is 130 Å². The Balaban J connectivity index is 1.14. The van der Waals surface area contributed by atoms with Crippen molar-refractivity contribution < 1.29 is 23.8 Å². The zero-order chi connectivity index (χ0) is 33.7. The van der Waals surface area contributed by atoms with Gasteiger partial charge in [0.05, 0.1) is 24.4 Å². The number of ether oxygens (including phenoxy) is 1. The van der Waals surface area contributed by atoms with Crippen molar-refractivity contribution in [3.63, 3.8) is 0 Å². The van der Waals surface area contributed by atoms with E-state index in [0.717, 1.165) is 34.9 Å². The van der Waals surface area contributed by atoms with Crippen molar-refractivity contribution in [1.82, 2.24) is 25.5 Å². The summed E-state index contributed by atoms with van der Waals surface area (Å²) >= 11 is 1.56. The van der Waals surface area contributed by atoms with Crippen LogP contribution in [0.3, 0.4) is 0 Å². The van der Waals surface area contributed by atoms with E-state index in [1.807, 2.05) is 77.9 Å². The molecule has 2 aliphatic rings. The molecular weight excluding hydrogens is 639 g/mol. The summed E-state index contributed by atoms with van der Waals surface area (Å²) in [7, 11) is 0. The van der Waals surface area contributed by atoms with Gasteiger partial charge in [0.25, 0.3) is 11.8 Å². The van der Waals surface area contributed by atoms with E-state index in [1.165, 1.54) is 12.5 Å². The van der Waals surface area contributed by atoms with E-state index in [4.69, 9.17) is 9.15 Å². The number of amides is 2. The summed E-state index contributed by atoms with van der Waals surface area (Å²) in [5, 5.41) is 21.2. The molecule has 11 heteroatoms. The van der Waals surface area contributed by atoms with Crippen LogP contribution in [0.25, 0.3) is 11.5 Å². The highest BCUT2D eigenvalue weighted by molar-refractivity contribution is 7.09. The molecule has 3 aromatic carbocycles. The van der Waals surface area contributed by atoms with E-state index in [2.05, 4.69) is 20.6 Å². The van der Waals surface area contributed by atoms with Crippen LogP contribution in [0.1, 0.15) is 62.3 Å². The summed E-state index contributed by atoms with van der Waals surface area (Å²) in [5.74, 6) is 0.485. The number of aliphatic hydroxyl groups is 1. The Hall–Kier alpha value is -4.84. The maximum atomic E-state index is 14.1. The van der Waals surface area contributed by atoms with E-state index in [1.54, 1.807) is 29.5 Å². The van der Waals surface area contributed by atoms with Crippen LogP contribution in [0.5, 0.6) is 5.75 Å². The second kappa shape index (κ2) is 14.7. The maximum Gasteiger partial charge on any atom is 0.254 e. The fraction of sp³-hybridized carbons (Fsp3) is 0.316. The lowest BCUT2D eigenvalue weighted by Gasteiger charge is -2.29. The smallest absolute Gasteiger partial charge is 0.254 e. The first-order valence-corrected chi connectivity index (χ1v) is 17.5. The van der Waals surface area contributed by atoms with E-state index in [9.17, 15) is 14.7 Å². The molecule has 2 fully saturated rings. The SMILES string of the molecule is Cc1csc(C2CCCN2C(=O)c2cc(C(=O)N[C@@H](Cc3ccccc3)[C@H](O)[C@H]3C[C@@H](Oc4ccccc4)CN3)cc(-c3ncco3)c2)n1. The van der Waals surface area contributed by atoms with E-state index < -0.39 is 18.1 Å². The number of hydrogen-bond acceptors (Lipinski definition) is 9. The van der Waals surface area contributed by atoms with Gasteiger partial charge in [-0.3, -0.25) is 9.59 Å². The van der Waals surface area contributed by atoms with Crippen molar-refractivity contribution in [3.8, 4) is 17.2 Å². The average molecular weight is 678 g/mol. The molecule has 2 saturated heterocycles. The van der Waals surface area contributed by atoms with Crippen molar-refractivity contribution in [2.75, 3.05) is 13.1 Å². The van der Waals surface area contributed by atoms with Gasteiger partial charge in [0.15, 0.2) is 0 Å². The minimum absolute atomic E-state index is 0.118. The fourth-order valence-electron chi connectivity index (χ4n) is 6.76. The molecule has 252 valence electrons. The Bertz CT molecular complexity index is 1870. The third kappa shape index (κ3) is 7.59. The predicted octanol–water partition coefficient (Wildman–Crippen LogP) is 5.60. The highest BCUT2D eigenvalue weighted by atomic mass is 32.1. The van der Waals surface area contributed by atoms with Crippen LogP contribution in [0, 0.1) is 6.92 Å². The van der Waals surface area contributed by atoms with Crippen molar-refractivity contribution in [2.45, 2.75) is 62.9 Å². The van der Waals surface area contributed by atoms with Gasteiger partial charge in [0, 0.05) is 53.3 Å². The summed E-state index contributed by atoms with van der Waals surface area (Å²) in [6, 6.07) is 23.3. The number of para-hydroxylation sites is 1. The largest absolute Gasteiger partial charge is 0.489 e. The number of carbonyl (C=O) groups excluding carboxylic acids is 2. The lowest BCUT2D eigenvalue weighted by Crippen LogP contribution is -2.52. The minimum atomic E-state index is -0.920. The predicted molar refractivity (Wildman–Crippen MR) is 186 cm³/mol. The van der Waals surface area contributed by atoms with Crippen molar-refractivity contribution >= 4 is 23.2 Å². The van der Waals surface area contributed by atoms with Crippen LogP contribution in [0.4, 0.5) is 0 Å². The Labute approximate surface area is 289 Å². The van der Waals surface area contributed by atoms with Crippen molar-refractivity contribution in [3.05, 3.63) is 124 Å². The molecule has 10 nitrogen and oxygen atoms in total. The van der Waals surface area contributed by atoms with Crippen LogP contribution in [0.2, 0.25) is 0 Å². The molecule has 7 rings (SSSR count). The lowest BCUT2D eigenvalue weighted by atomic mass is 9.94. The molecule has 4 heterocycles. The molecule has 2 aliphatic heterocycles. The first-order chi connectivity index (χ1) is 23.9. The molecule has 2 amide bonds. The standard InChI is InChI=1S/C38H39N5O5S/c1-24-23-49-37(41-24)33-13-8-15-43(33)38(46)28-19-26(18-27(20-28)36-39-14-16-47-36)35(45)42-32(17-25-9-4-2-5-10-25)34(44)31-21-30(22-40-31)48-29-11-6-3-7-12-29/h2-7,9-12,14,16,18-20,23,30-34,40,44H,8,13,15,17,21-22H2,1H3,(H,42,45)/t30-,31-,32+,33?,34-/m1/s1.